The second-order valence-corrected chi connectivity index (χ2v) is 8.12. The maximum absolute atomic E-state index is 12.7. The molecular formula is C21H33N5O. The molecule has 1 aromatic carbocycles. The minimum atomic E-state index is 0.240. The number of carbonyl (C=O) groups is 1. The van der Waals surface area contributed by atoms with Crippen molar-refractivity contribution in [2.75, 3.05) is 32.7 Å². The third-order valence-electron chi connectivity index (χ3n) is 5.47. The molecule has 1 amide bonds. The Hall–Kier alpha value is -1.92. The Morgan fingerprint density at radius 3 is 2.22 bits per heavy atom. The lowest BCUT2D eigenvalue weighted by Gasteiger charge is -2.37. The smallest absolute Gasteiger partial charge is 0.237 e. The quantitative estimate of drug-likeness (QED) is 0.782. The van der Waals surface area contributed by atoms with Crippen LogP contribution in [0.5, 0.6) is 0 Å². The van der Waals surface area contributed by atoms with Crippen molar-refractivity contribution in [1.82, 2.24) is 24.3 Å². The summed E-state index contributed by atoms with van der Waals surface area (Å²) >= 11 is 0. The van der Waals surface area contributed by atoms with E-state index in [2.05, 4.69) is 67.3 Å². The Kier molecular flexibility index (Phi) is 6.17. The average molecular weight is 372 g/mol. The van der Waals surface area contributed by atoms with Gasteiger partial charge in [0.25, 0.3) is 0 Å². The summed E-state index contributed by atoms with van der Waals surface area (Å²) < 4.78 is 2.19. The Morgan fingerprint density at radius 1 is 1.04 bits per heavy atom. The van der Waals surface area contributed by atoms with Gasteiger partial charge >= 0.3 is 0 Å². The zero-order valence-corrected chi connectivity index (χ0v) is 17.4. The van der Waals surface area contributed by atoms with Gasteiger partial charge in [-0.15, -0.1) is 0 Å². The van der Waals surface area contributed by atoms with Crippen molar-refractivity contribution in [3.8, 4) is 0 Å². The highest BCUT2D eigenvalue weighted by Crippen LogP contribution is 2.16. The number of aryl methyl sites for hydroxylation is 1. The summed E-state index contributed by atoms with van der Waals surface area (Å²) in [4.78, 5) is 24.2. The van der Waals surface area contributed by atoms with Gasteiger partial charge in [0.2, 0.25) is 5.91 Å². The maximum atomic E-state index is 12.7. The molecule has 0 bridgehead atoms. The Balaban J connectivity index is 1.54. The molecule has 1 aliphatic heterocycles. The number of imidazole rings is 1. The van der Waals surface area contributed by atoms with Crippen molar-refractivity contribution >= 4 is 16.9 Å². The zero-order valence-electron chi connectivity index (χ0n) is 17.4. The zero-order chi connectivity index (χ0) is 19.6. The van der Waals surface area contributed by atoms with Gasteiger partial charge in [0.1, 0.15) is 5.82 Å². The van der Waals surface area contributed by atoms with E-state index in [-0.39, 0.29) is 18.0 Å². The highest BCUT2D eigenvalue weighted by atomic mass is 16.2. The molecule has 0 saturated carbocycles. The topological polar surface area (TPSA) is 44.6 Å². The molecule has 1 aliphatic rings. The maximum Gasteiger partial charge on any atom is 0.237 e. The predicted octanol–water partition coefficient (Wildman–Crippen LogP) is 2.34. The highest BCUT2D eigenvalue weighted by Gasteiger charge is 2.25. The Labute approximate surface area is 162 Å². The molecule has 2 aromatic rings. The van der Waals surface area contributed by atoms with Gasteiger partial charge in [0.15, 0.2) is 0 Å². The molecule has 1 aromatic heterocycles. The molecule has 6 heteroatoms. The lowest BCUT2D eigenvalue weighted by molar-refractivity contribution is -0.136. The van der Waals surface area contributed by atoms with Gasteiger partial charge < -0.3 is 9.47 Å². The molecule has 148 valence electrons. The monoisotopic (exact) mass is 371 g/mol. The van der Waals surface area contributed by atoms with Crippen LogP contribution in [-0.2, 0) is 18.4 Å². The van der Waals surface area contributed by atoms with E-state index in [1.165, 1.54) is 5.52 Å². The van der Waals surface area contributed by atoms with E-state index in [1.54, 1.807) is 0 Å². The first-order chi connectivity index (χ1) is 12.9. The fraction of sp³-hybridized carbons (Fsp3) is 0.619. The van der Waals surface area contributed by atoms with E-state index >= 15 is 0 Å². The van der Waals surface area contributed by atoms with Crippen LogP contribution in [0.3, 0.4) is 0 Å². The number of aromatic nitrogens is 2. The summed E-state index contributed by atoms with van der Waals surface area (Å²) in [6.45, 7) is 13.5. The van der Waals surface area contributed by atoms with Gasteiger partial charge in [0.05, 0.1) is 24.1 Å². The van der Waals surface area contributed by atoms with Crippen LogP contribution in [0.2, 0.25) is 0 Å². The summed E-state index contributed by atoms with van der Waals surface area (Å²) in [5.74, 6) is 1.34. The average Bonchev–Trinajstić information content (AvgIpc) is 2.92. The fourth-order valence-electron chi connectivity index (χ4n) is 4.09. The van der Waals surface area contributed by atoms with E-state index < -0.39 is 0 Å². The van der Waals surface area contributed by atoms with Crippen LogP contribution in [0.4, 0.5) is 0 Å². The van der Waals surface area contributed by atoms with Crippen molar-refractivity contribution < 1.29 is 4.79 Å². The number of nitrogens with zero attached hydrogens (tertiary/aromatic N) is 5. The number of fused-ring (bicyclic) bond motifs is 1. The normalized spacial score (nSPS) is 16.6. The van der Waals surface area contributed by atoms with E-state index in [1.807, 2.05) is 11.0 Å². The van der Waals surface area contributed by atoms with Crippen molar-refractivity contribution in [3.05, 3.63) is 30.1 Å². The van der Waals surface area contributed by atoms with E-state index in [9.17, 15) is 4.79 Å². The lowest BCUT2D eigenvalue weighted by Crippen LogP contribution is -2.52. The van der Waals surface area contributed by atoms with Crippen molar-refractivity contribution in [1.29, 1.82) is 0 Å². The molecule has 1 fully saturated rings. The van der Waals surface area contributed by atoms with Gasteiger partial charge in [-0.25, -0.2) is 4.98 Å². The van der Waals surface area contributed by atoms with Gasteiger partial charge in [-0.1, -0.05) is 12.1 Å². The number of carbonyl (C=O) groups excluding carboxylic acids is 1. The van der Waals surface area contributed by atoms with Crippen LogP contribution in [0.25, 0.3) is 11.0 Å². The second-order valence-electron chi connectivity index (χ2n) is 8.12. The van der Waals surface area contributed by atoms with Crippen molar-refractivity contribution in [2.24, 2.45) is 7.05 Å². The van der Waals surface area contributed by atoms with Crippen LogP contribution in [0.1, 0.15) is 33.5 Å². The molecule has 1 saturated heterocycles. The van der Waals surface area contributed by atoms with Gasteiger partial charge in [0, 0.05) is 45.3 Å². The van der Waals surface area contributed by atoms with Gasteiger partial charge in [-0.05, 0) is 39.8 Å². The highest BCUT2D eigenvalue weighted by molar-refractivity contribution is 5.79. The summed E-state index contributed by atoms with van der Waals surface area (Å²) in [7, 11) is 2.09. The minimum Gasteiger partial charge on any atom is -0.337 e. The molecule has 0 N–H and O–H groups in total. The number of piperazine rings is 1. The number of amides is 1. The van der Waals surface area contributed by atoms with Crippen LogP contribution < -0.4 is 0 Å². The first kappa shape index (κ1) is 19.8. The molecule has 0 radical (unpaired) electrons. The number of hydrogen-bond acceptors (Lipinski definition) is 4. The molecule has 0 atom stereocenters. The van der Waals surface area contributed by atoms with E-state index in [0.717, 1.165) is 44.1 Å². The number of benzene rings is 1. The number of rotatable bonds is 6. The van der Waals surface area contributed by atoms with E-state index in [0.29, 0.717) is 6.54 Å². The summed E-state index contributed by atoms with van der Waals surface area (Å²) in [6.07, 6.45) is 0. The molecule has 2 heterocycles. The standard InChI is InChI=1S/C21H33N5O/c1-16(2)26(17(3)4)21(27)15-25-12-10-24(11-13-25)14-20-22-18-8-6-7-9-19(18)23(20)5/h6-9,16-17H,10-15H2,1-5H3. The lowest BCUT2D eigenvalue weighted by atomic mass is 10.2. The fourth-order valence-corrected chi connectivity index (χ4v) is 4.09. The SMILES string of the molecule is CC(C)N(C(=O)CN1CCN(Cc2nc3ccccc3n2C)CC1)C(C)C. The molecule has 0 aliphatic carbocycles. The Bertz CT molecular complexity index is 766. The molecule has 0 unspecified atom stereocenters. The minimum absolute atomic E-state index is 0.240. The summed E-state index contributed by atoms with van der Waals surface area (Å²) in [6, 6.07) is 8.77. The van der Waals surface area contributed by atoms with Crippen LogP contribution in [0.15, 0.2) is 24.3 Å². The molecule has 3 rings (SSSR count). The third-order valence-corrected chi connectivity index (χ3v) is 5.47. The predicted molar refractivity (Wildman–Crippen MR) is 110 cm³/mol. The largest absolute Gasteiger partial charge is 0.337 e. The van der Waals surface area contributed by atoms with Crippen LogP contribution in [-0.4, -0.2) is 75.0 Å². The van der Waals surface area contributed by atoms with Crippen molar-refractivity contribution in [3.63, 3.8) is 0 Å². The Morgan fingerprint density at radius 2 is 1.63 bits per heavy atom. The van der Waals surface area contributed by atoms with E-state index in [4.69, 9.17) is 4.98 Å². The number of hydrogen-bond donors (Lipinski definition) is 0. The molecule has 27 heavy (non-hydrogen) atoms. The molecule has 0 spiro atoms. The van der Waals surface area contributed by atoms with Gasteiger partial charge in [-0.3, -0.25) is 14.6 Å². The van der Waals surface area contributed by atoms with Crippen LogP contribution >= 0.6 is 0 Å². The second kappa shape index (κ2) is 8.40. The first-order valence-corrected chi connectivity index (χ1v) is 10.0. The summed E-state index contributed by atoms with van der Waals surface area (Å²) in [5, 5.41) is 0. The van der Waals surface area contributed by atoms with Crippen molar-refractivity contribution in [2.45, 2.75) is 46.3 Å². The first-order valence-electron chi connectivity index (χ1n) is 10.0. The number of para-hydroxylation sites is 2. The third kappa shape index (κ3) is 4.50. The van der Waals surface area contributed by atoms with Crippen LogP contribution in [0, 0.1) is 0 Å². The molecule has 6 nitrogen and oxygen atoms in total. The summed E-state index contributed by atoms with van der Waals surface area (Å²) in [5.41, 5.74) is 2.24. The van der Waals surface area contributed by atoms with Gasteiger partial charge in [-0.2, -0.15) is 0 Å². The molecular weight excluding hydrogens is 338 g/mol.